The number of halogens is 3. The molecule has 1 saturated carbocycles. The van der Waals surface area contributed by atoms with E-state index in [1.54, 1.807) is 18.9 Å². The smallest absolute Gasteiger partial charge is 0.419 e. The van der Waals surface area contributed by atoms with E-state index in [1.807, 2.05) is 25.8 Å². The molecule has 1 aliphatic carbocycles. The number of alkyl halides is 3. The van der Waals surface area contributed by atoms with Crippen molar-refractivity contribution in [3.05, 3.63) is 39.9 Å². The van der Waals surface area contributed by atoms with Gasteiger partial charge in [-0.25, -0.2) is 15.0 Å². The quantitative estimate of drug-likeness (QED) is 0.209. The zero-order chi connectivity index (χ0) is 41.3. The molecule has 0 spiro atoms. The first kappa shape index (κ1) is 44.5. The van der Waals surface area contributed by atoms with Crippen LogP contribution in [0.15, 0.2) is 17.8 Å². The summed E-state index contributed by atoms with van der Waals surface area (Å²) in [5.41, 5.74) is -1.05. The average Bonchev–Trinajstić information content (AvgIpc) is 3.82. The number of hydrogen-bond donors (Lipinski definition) is 2. The third-order valence-electron chi connectivity index (χ3n) is 10.0. The van der Waals surface area contributed by atoms with Crippen molar-refractivity contribution in [2.75, 3.05) is 41.0 Å². The van der Waals surface area contributed by atoms with Crippen LogP contribution in [0.4, 0.5) is 13.2 Å². The lowest BCUT2D eigenvalue weighted by atomic mass is 9.95. The SMILES string of the molecule is COC(=O)[C@@H](C)C[C@H](Cc1ncc(C(F)(F)F)cn1)NC(=O)c1csc([C@@H](C[C@H](C(C)C)N(C)C(=O)[C@H](CC2CC2)NC(=O)[C@H]2COCCN2C)OC(C)=O)n1. The Kier molecular flexibility index (Phi) is 15.7. The Morgan fingerprint density at radius 3 is 2.34 bits per heavy atom. The predicted octanol–water partition coefficient (Wildman–Crippen LogP) is 3.59. The molecule has 310 valence electrons. The van der Waals surface area contributed by atoms with Crippen LogP contribution in [-0.2, 0) is 46.0 Å². The summed E-state index contributed by atoms with van der Waals surface area (Å²) in [5.74, 6) is -2.81. The molecule has 2 N–H and O–H groups in total. The number of nitrogens with zero attached hydrogens (tertiary/aromatic N) is 5. The van der Waals surface area contributed by atoms with Gasteiger partial charge in [-0.2, -0.15) is 13.2 Å². The van der Waals surface area contributed by atoms with Crippen LogP contribution in [-0.4, -0.2) is 120 Å². The van der Waals surface area contributed by atoms with Gasteiger partial charge in [-0.05, 0) is 31.7 Å². The van der Waals surface area contributed by atoms with Gasteiger partial charge in [-0.1, -0.05) is 33.6 Å². The molecule has 2 aromatic rings. The molecular formula is C37H52F3N7O8S. The largest absolute Gasteiger partial charge is 0.469 e. The molecule has 6 atom stereocenters. The first-order valence-electron chi connectivity index (χ1n) is 18.6. The summed E-state index contributed by atoms with van der Waals surface area (Å²) in [5, 5.41) is 7.54. The topological polar surface area (TPSA) is 182 Å². The Labute approximate surface area is 328 Å². The van der Waals surface area contributed by atoms with E-state index in [0.29, 0.717) is 42.9 Å². The lowest BCUT2D eigenvalue weighted by Gasteiger charge is -2.37. The van der Waals surface area contributed by atoms with Gasteiger partial charge < -0.3 is 29.7 Å². The van der Waals surface area contributed by atoms with Crippen LogP contribution in [0.2, 0.25) is 0 Å². The monoisotopic (exact) mass is 811 g/mol. The molecule has 0 radical (unpaired) electrons. The van der Waals surface area contributed by atoms with E-state index in [1.165, 1.54) is 19.4 Å². The molecule has 2 aromatic heterocycles. The van der Waals surface area contributed by atoms with Gasteiger partial charge in [0, 0.05) is 63.2 Å². The number of methoxy groups -OCH3 is 1. The number of amides is 3. The number of ether oxygens (including phenoxy) is 3. The number of carbonyl (C=O) groups is 5. The standard InChI is InChI=1S/C37H52F3N7O8S/c1-20(2)28(47(6)35(51)26(13-23-8-9-23)44-33(50)29-18-54-11-10-46(29)5)15-30(55-22(4)48)34-45-27(19-56-34)32(49)43-25(12-21(3)36(52)53-7)14-31-41-16-24(17-42-31)37(38,39)40/h16-17,19-21,23,25-26,28-30H,8-15,18H2,1-7H3,(H,43,49)(H,44,50)/t21-,25+,26-,28+,29+,30+/m0/s1. The van der Waals surface area contributed by atoms with Crippen molar-refractivity contribution in [2.24, 2.45) is 17.8 Å². The molecule has 1 saturated heterocycles. The Morgan fingerprint density at radius 1 is 1.09 bits per heavy atom. The van der Waals surface area contributed by atoms with Crippen molar-refractivity contribution < 1.29 is 51.4 Å². The van der Waals surface area contributed by atoms with E-state index in [0.717, 1.165) is 24.2 Å². The molecule has 56 heavy (non-hydrogen) atoms. The molecule has 0 aromatic carbocycles. The highest BCUT2D eigenvalue weighted by Crippen LogP contribution is 2.35. The minimum atomic E-state index is -4.63. The van der Waals surface area contributed by atoms with Crippen molar-refractivity contribution in [2.45, 2.75) is 103 Å². The van der Waals surface area contributed by atoms with Crippen molar-refractivity contribution in [1.82, 2.24) is 35.4 Å². The maximum absolute atomic E-state index is 14.1. The van der Waals surface area contributed by atoms with Crippen LogP contribution in [0, 0.1) is 17.8 Å². The number of hydrogen-bond acceptors (Lipinski definition) is 13. The Balaban J connectivity index is 1.51. The van der Waals surface area contributed by atoms with E-state index >= 15 is 0 Å². The molecular weight excluding hydrogens is 760 g/mol. The summed E-state index contributed by atoms with van der Waals surface area (Å²) in [6.45, 7) is 8.04. The third kappa shape index (κ3) is 12.6. The molecule has 3 heterocycles. The lowest BCUT2D eigenvalue weighted by Crippen LogP contribution is -2.58. The second-order valence-corrected chi connectivity index (χ2v) is 15.8. The van der Waals surface area contributed by atoms with Gasteiger partial charge in [0.2, 0.25) is 11.8 Å². The Hall–Kier alpha value is -4.23. The second-order valence-electron chi connectivity index (χ2n) is 14.9. The number of aromatic nitrogens is 3. The maximum atomic E-state index is 14.1. The Bertz CT molecular complexity index is 1670. The van der Waals surface area contributed by atoms with E-state index in [2.05, 4.69) is 25.6 Å². The number of nitrogens with one attached hydrogen (secondary N) is 2. The van der Waals surface area contributed by atoms with E-state index in [4.69, 9.17) is 14.2 Å². The zero-order valence-corrected chi connectivity index (χ0v) is 33.6. The maximum Gasteiger partial charge on any atom is 0.419 e. The summed E-state index contributed by atoms with van der Waals surface area (Å²) in [4.78, 5) is 81.2. The van der Waals surface area contributed by atoms with E-state index in [9.17, 15) is 37.1 Å². The first-order chi connectivity index (χ1) is 26.4. The summed E-state index contributed by atoms with van der Waals surface area (Å²) < 4.78 is 55.3. The fourth-order valence-electron chi connectivity index (χ4n) is 6.59. The number of thiazole rings is 1. The molecule has 2 aliphatic rings. The molecule has 0 unspecified atom stereocenters. The van der Waals surface area contributed by atoms with Crippen molar-refractivity contribution >= 4 is 41.0 Å². The molecule has 1 aliphatic heterocycles. The van der Waals surface area contributed by atoms with Crippen LogP contribution in [0.3, 0.4) is 0 Å². The number of carbonyl (C=O) groups excluding carboxylic acids is 5. The first-order valence-corrected chi connectivity index (χ1v) is 19.5. The summed E-state index contributed by atoms with van der Waals surface area (Å²) in [7, 11) is 4.73. The van der Waals surface area contributed by atoms with Crippen LogP contribution in [0.1, 0.15) is 92.8 Å². The van der Waals surface area contributed by atoms with Gasteiger partial charge in [0.25, 0.3) is 5.91 Å². The normalized spacial score (nSPS) is 18.9. The van der Waals surface area contributed by atoms with Gasteiger partial charge in [-0.15, -0.1) is 11.3 Å². The summed E-state index contributed by atoms with van der Waals surface area (Å²) >= 11 is 1.08. The number of likely N-dealkylation sites (N-methyl/N-ethyl adjacent to an activating group) is 2. The number of rotatable bonds is 18. The van der Waals surface area contributed by atoms with Gasteiger partial charge in [0.15, 0.2) is 6.10 Å². The van der Waals surface area contributed by atoms with Gasteiger partial charge >= 0.3 is 18.1 Å². The van der Waals surface area contributed by atoms with Crippen molar-refractivity contribution in [3.8, 4) is 0 Å². The van der Waals surface area contributed by atoms with Crippen LogP contribution in [0.25, 0.3) is 0 Å². The van der Waals surface area contributed by atoms with E-state index < -0.39 is 65.8 Å². The average molecular weight is 812 g/mol. The summed E-state index contributed by atoms with van der Waals surface area (Å²) in [6, 6.07) is -2.55. The van der Waals surface area contributed by atoms with Gasteiger partial charge in [0.1, 0.15) is 28.6 Å². The zero-order valence-electron chi connectivity index (χ0n) is 32.8. The minimum absolute atomic E-state index is 0.0157. The molecule has 19 heteroatoms. The molecule has 0 bridgehead atoms. The second kappa shape index (κ2) is 19.8. The molecule has 3 amide bonds. The summed E-state index contributed by atoms with van der Waals surface area (Å²) in [6.07, 6.45) is -1.72. The van der Waals surface area contributed by atoms with Crippen LogP contribution in [0.5, 0.6) is 0 Å². The van der Waals surface area contributed by atoms with Gasteiger partial charge in [0.05, 0.1) is 31.8 Å². The minimum Gasteiger partial charge on any atom is -0.469 e. The predicted molar refractivity (Wildman–Crippen MR) is 197 cm³/mol. The Morgan fingerprint density at radius 2 is 1.77 bits per heavy atom. The highest BCUT2D eigenvalue weighted by Gasteiger charge is 2.38. The number of morpholine rings is 1. The highest BCUT2D eigenvalue weighted by atomic mass is 32.1. The fourth-order valence-corrected chi connectivity index (χ4v) is 7.43. The van der Waals surface area contributed by atoms with Crippen molar-refractivity contribution in [3.63, 3.8) is 0 Å². The molecule has 2 fully saturated rings. The van der Waals surface area contributed by atoms with Crippen molar-refractivity contribution in [1.29, 1.82) is 0 Å². The van der Waals surface area contributed by atoms with E-state index in [-0.39, 0.29) is 55.1 Å². The fraction of sp³-hybridized carbons (Fsp3) is 0.676. The number of esters is 2. The van der Waals surface area contributed by atoms with Crippen LogP contribution >= 0.6 is 11.3 Å². The molecule has 4 rings (SSSR count). The highest BCUT2D eigenvalue weighted by molar-refractivity contribution is 7.09. The lowest BCUT2D eigenvalue weighted by molar-refractivity contribution is -0.149. The molecule has 15 nitrogen and oxygen atoms in total. The van der Waals surface area contributed by atoms with Crippen LogP contribution < -0.4 is 10.6 Å². The third-order valence-corrected chi connectivity index (χ3v) is 11.0. The van der Waals surface area contributed by atoms with Gasteiger partial charge in [-0.3, -0.25) is 28.9 Å².